The van der Waals surface area contributed by atoms with Gasteiger partial charge in [0.25, 0.3) is 0 Å². The molecule has 0 unspecified atom stereocenters. The lowest BCUT2D eigenvalue weighted by Gasteiger charge is -2.58. The highest BCUT2D eigenvalue weighted by atomic mass is 16.8. The number of fused-ring (bicyclic) bond motifs is 7. The van der Waals surface area contributed by atoms with E-state index in [1.807, 2.05) is 6.92 Å². The van der Waals surface area contributed by atoms with Gasteiger partial charge in [0.05, 0.1) is 50.3 Å². The second-order valence-corrected chi connectivity index (χ2v) is 24.2. The molecule has 3 saturated carbocycles. The summed E-state index contributed by atoms with van der Waals surface area (Å²) in [7, 11) is 0. The monoisotopic (exact) mass is 1060 g/mol. The topological polar surface area (TPSA) is 355 Å². The first-order valence-corrected chi connectivity index (χ1v) is 26.9. The lowest BCUT2D eigenvalue weighted by atomic mass is 9.47. The molecule has 0 aromatic rings. The fourth-order valence-electron chi connectivity index (χ4n) is 15.6. The Morgan fingerprint density at radius 3 is 1.84 bits per heavy atom. The molecule has 0 aromatic carbocycles. The minimum atomic E-state index is -1.85. The van der Waals surface area contributed by atoms with Crippen LogP contribution >= 0.6 is 0 Å². The Balaban J connectivity index is 0.813. The van der Waals surface area contributed by atoms with Gasteiger partial charge in [-0.15, -0.1) is 0 Å². The number of allylic oxidation sites excluding steroid dienone is 1. The SMILES string of the molecule is C[C@@H]1O[C@H](O[C@@H]2[C@@H](O)[C@H](O[C@H]3O[C@@H](CO)[C@H](O)[C@@H](O)[C@@H]3O)[C@@H](O[C@H]3CC[C@@]4(C)C(=CC[C@@H]5[C@H]6C[C@H]7O[C@]8(CC[C@](C)(CO[C@H]9O[C@@H](CO)[C@H](O)[C@@H](O)[C@@H]9O)O8)[C@H](C)[C@@H]7[C@@]6(C)CC[C@H]54)C3)O[C@H]2CO)[C@@H](O)[C@H](O)[C@H]1O. The van der Waals surface area contributed by atoms with Gasteiger partial charge in [-0.2, -0.15) is 0 Å². The molecule has 10 rings (SSSR count). The molecule has 10 aliphatic rings. The van der Waals surface area contributed by atoms with Crippen LogP contribution in [-0.4, -0.2) is 239 Å². The maximum absolute atomic E-state index is 12.1. The van der Waals surface area contributed by atoms with E-state index in [2.05, 4.69) is 26.8 Å². The van der Waals surface area contributed by atoms with Crippen LogP contribution in [0.3, 0.4) is 0 Å². The minimum Gasteiger partial charge on any atom is -0.394 e. The van der Waals surface area contributed by atoms with Crippen molar-refractivity contribution >= 4 is 0 Å². The number of ether oxygens (including phenoxy) is 10. The molecule has 424 valence electrons. The van der Waals surface area contributed by atoms with Crippen LogP contribution in [0.2, 0.25) is 0 Å². The van der Waals surface area contributed by atoms with Crippen molar-refractivity contribution < 1.29 is 114 Å². The Labute approximate surface area is 430 Å². The standard InChI is InChI=1S/C51H82O23/c1-20-31-27(73-51(20)13-12-48(3,74-51)19-65-44-38(61)36(59)33(56)28(16-52)68-44)15-26-24-7-6-22-14-23(8-10-49(22,4)25(24)9-11-50(26,31)5)67-47-43(72-46-40(63)37(60)34(57)29(17-53)69-46)41(64)42(30(18-54)70-47)71-45-39(62)35(58)32(55)21(2)66-45/h6,20-21,23-47,52-64H,7-19H2,1-5H3/t20-,21+,23+,24+,25-,26-,27-,28+,29+,30+,31+,32+,33+,34+,35-,36-,37-,38+,39+,40+,41-,42+,43+,44+,45-,46-,47+,48-,49+,50+,51+/m1/s1. The van der Waals surface area contributed by atoms with Gasteiger partial charge in [-0.25, -0.2) is 0 Å². The third kappa shape index (κ3) is 9.38. The number of aliphatic hydroxyl groups is 13. The third-order valence-electron chi connectivity index (χ3n) is 19.9. The van der Waals surface area contributed by atoms with Crippen LogP contribution in [0.5, 0.6) is 0 Å². The molecule has 6 heterocycles. The highest BCUT2D eigenvalue weighted by molar-refractivity contribution is 5.27. The largest absolute Gasteiger partial charge is 0.394 e. The van der Waals surface area contributed by atoms with Gasteiger partial charge < -0.3 is 114 Å². The fraction of sp³-hybridized carbons (Fsp3) is 0.961. The average Bonchev–Trinajstić information content (AvgIpc) is 4.02. The number of hydrogen-bond acceptors (Lipinski definition) is 23. The van der Waals surface area contributed by atoms with E-state index in [0.29, 0.717) is 43.4 Å². The average molecular weight is 1060 g/mol. The zero-order valence-corrected chi connectivity index (χ0v) is 42.8. The number of aliphatic hydroxyl groups excluding tert-OH is 13. The number of hydrogen-bond donors (Lipinski definition) is 13. The zero-order valence-electron chi connectivity index (χ0n) is 42.8. The highest BCUT2D eigenvalue weighted by Crippen LogP contribution is 2.71. The second kappa shape index (κ2) is 21.0. The van der Waals surface area contributed by atoms with E-state index in [1.54, 1.807) is 0 Å². The molecule has 0 bridgehead atoms. The summed E-state index contributed by atoms with van der Waals surface area (Å²) in [4.78, 5) is 0. The Morgan fingerprint density at radius 1 is 0.581 bits per heavy atom. The van der Waals surface area contributed by atoms with Crippen LogP contribution in [0, 0.1) is 40.4 Å². The van der Waals surface area contributed by atoms with Crippen molar-refractivity contribution in [2.45, 2.75) is 239 Å². The molecular weight excluding hydrogens is 981 g/mol. The van der Waals surface area contributed by atoms with Crippen LogP contribution in [0.15, 0.2) is 11.6 Å². The summed E-state index contributed by atoms with van der Waals surface area (Å²) in [6.07, 6.45) is -21.5. The smallest absolute Gasteiger partial charge is 0.187 e. The van der Waals surface area contributed by atoms with Crippen molar-refractivity contribution in [1.82, 2.24) is 0 Å². The lowest BCUT2D eigenvalue weighted by molar-refractivity contribution is -0.390. The highest BCUT2D eigenvalue weighted by Gasteiger charge is 2.70. The molecule has 9 fully saturated rings. The molecule has 6 aliphatic heterocycles. The summed E-state index contributed by atoms with van der Waals surface area (Å²) in [5.74, 6) is 0.713. The van der Waals surface area contributed by atoms with Gasteiger partial charge in [0, 0.05) is 12.3 Å². The quantitative estimate of drug-likeness (QED) is 0.0875. The van der Waals surface area contributed by atoms with E-state index in [0.717, 1.165) is 32.1 Å². The van der Waals surface area contributed by atoms with Crippen LogP contribution < -0.4 is 0 Å². The van der Waals surface area contributed by atoms with Gasteiger partial charge in [0.1, 0.15) is 91.6 Å². The van der Waals surface area contributed by atoms with Crippen LogP contribution in [0.1, 0.15) is 92.4 Å². The van der Waals surface area contributed by atoms with Gasteiger partial charge in [-0.1, -0.05) is 32.4 Å². The first-order valence-electron chi connectivity index (χ1n) is 26.9. The summed E-state index contributed by atoms with van der Waals surface area (Å²) in [6, 6.07) is 0. The summed E-state index contributed by atoms with van der Waals surface area (Å²) in [6.45, 7) is 8.47. The zero-order chi connectivity index (χ0) is 53.1. The Bertz CT molecular complexity index is 1980. The van der Waals surface area contributed by atoms with E-state index in [9.17, 15) is 66.4 Å². The van der Waals surface area contributed by atoms with Crippen molar-refractivity contribution in [3.05, 3.63) is 11.6 Å². The van der Waals surface area contributed by atoms with Gasteiger partial charge in [-0.05, 0) is 99.7 Å². The molecular formula is C51H82O23. The molecule has 31 atom stereocenters. The molecule has 74 heavy (non-hydrogen) atoms. The predicted octanol–water partition coefficient (Wildman–Crippen LogP) is -2.85. The Morgan fingerprint density at radius 2 is 1.18 bits per heavy atom. The summed E-state index contributed by atoms with van der Waals surface area (Å²) < 4.78 is 62.0. The predicted molar refractivity (Wildman–Crippen MR) is 248 cm³/mol. The molecule has 0 aromatic heterocycles. The molecule has 23 nitrogen and oxygen atoms in total. The fourth-order valence-corrected chi connectivity index (χ4v) is 15.6. The van der Waals surface area contributed by atoms with Gasteiger partial charge in [-0.3, -0.25) is 0 Å². The second-order valence-electron chi connectivity index (χ2n) is 24.2. The third-order valence-corrected chi connectivity index (χ3v) is 19.9. The summed E-state index contributed by atoms with van der Waals surface area (Å²) in [5, 5.41) is 137. The first kappa shape index (κ1) is 56.1. The first-order chi connectivity index (χ1) is 35.0. The molecule has 0 amide bonds. The van der Waals surface area contributed by atoms with Crippen molar-refractivity contribution in [2.24, 2.45) is 40.4 Å². The van der Waals surface area contributed by atoms with Crippen LogP contribution in [0.4, 0.5) is 0 Å². The van der Waals surface area contributed by atoms with E-state index in [4.69, 9.17) is 47.4 Å². The Kier molecular flexibility index (Phi) is 16.0. The molecule has 4 aliphatic carbocycles. The maximum atomic E-state index is 12.1. The normalized spacial score (nSPS) is 57.4. The summed E-state index contributed by atoms with van der Waals surface area (Å²) in [5.41, 5.74) is 0.321. The lowest BCUT2D eigenvalue weighted by Crippen LogP contribution is -2.67. The van der Waals surface area contributed by atoms with Crippen LogP contribution in [-0.2, 0) is 47.4 Å². The van der Waals surface area contributed by atoms with Gasteiger partial charge in [0.15, 0.2) is 30.9 Å². The van der Waals surface area contributed by atoms with Crippen molar-refractivity contribution in [1.29, 1.82) is 0 Å². The van der Waals surface area contributed by atoms with Crippen molar-refractivity contribution in [3.63, 3.8) is 0 Å². The van der Waals surface area contributed by atoms with Crippen molar-refractivity contribution in [3.8, 4) is 0 Å². The van der Waals surface area contributed by atoms with Gasteiger partial charge >= 0.3 is 0 Å². The van der Waals surface area contributed by atoms with E-state index < -0.39 is 160 Å². The Hall–Kier alpha value is -1.18. The van der Waals surface area contributed by atoms with E-state index in [-0.39, 0.29) is 35.4 Å². The van der Waals surface area contributed by atoms with Gasteiger partial charge in [0.2, 0.25) is 0 Å². The maximum Gasteiger partial charge on any atom is 0.187 e. The minimum absolute atomic E-state index is 0.00479. The molecule has 0 radical (unpaired) electrons. The molecule has 23 heteroatoms. The van der Waals surface area contributed by atoms with Crippen molar-refractivity contribution in [2.75, 3.05) is 26.4 Å². The summed E-state index contributed by atoms with van der Waals surface area (Å²) >= 11 is 0. The molecule has 6 saturated heterocycles. The van der Waals surface area contributed by atoms with E-state index >= 15 is 0 Å². The molecule has 1 spiro atoms. The number of rotatable bonds is 12. The van der Waals surface area contributed by atoms with Crippen LogP contribution in [0.25, 0.3) is 0 Å². The van der Waals surface area contributed by atoms with E-state index in [1.165, 1.54) is 12.5 Å². The molecule has 13 N–H and O–H groups in total.